The number of hydrogen-bond acceptors (Lipinski definition) is 5. The van der Waals surface area contributed by atoms with Gasteiger partial charge in [-0.1, -0.05) is 129 Å². The molecule has 0 amide bonds. The third kappa shape index (κ3) is 8.13. The lowest BCUT2D eigenvalue weighted by atomic mass is 9.90. The predicted molar refractivity (Wildman–Crippen MR) is 192 cm³/mol. The van der Waals surface area contributed by atoms with Crippen molar-refractivity contribution in [2.75, 3.05) is 6.54 Å². The Morgan fingerprint density at radius 2 is 1.11 bits per heavy atom. The normalized spacial score (nSPS) is 12.5. The Kier molecular flexibility index (Phi) is 13.9. The molecule has 0 unspecified atom stereocenters. The van der Waals surface area contributed by atoms with Gasteiger partial charge in [0.05, 0.1) is 26.7 Å². The van der Waals surface area contributed by atoms with Crippen molar-refractivity contribution >= 4 is 33.1 Å². The van der Waals surface area contributed by atoms with Gasteiger partial charge in [0.2, 0.25) is 5.88 Å². The molecule has 4 rings (SSSR count). The van der Waals surface area contributed by atoms with Gasteiger partial charge in [0.25, 0.3) is 16.7 Å². The maximum Gasteiger partial charge on any atom is 0.263 e. The molecule has 0 fully saturated rings. The fourth-order valence-corrected chi connectivity index (χ4v) is 7.12. The summed E-state index contributed by atoms with van der Waals surface area (Å²) in [5, 5.41) is 13.5. The van der Waals surface area contributed by atoms with E-state index >= 15 is 0 Å². The Balaban J connectivity index is 1.84. The van der Waals surface area contributed by atoms with E-state index in [1.54, 1.807) is 12.1 Å². The minimum Gasteiger partial charge on any atom is -0.494 e. The first-order chi connectivity index (χ1) is 22.4. The Hall–Kier alpha value is -2.93. The standard InChI is InChI=1S/C38H54ClN3O4/c1-4-7-10-13-16-19-22-40-30-26-28-31-32-27(35(43)42(38(46)34(30)32)24-21-18-15-12-9-6-3)25-29(39)33(31)37(45)41(36(28)44)23-20-17-14-11-8-5-2/h25-26,43H,4-24H2,1-3H3. The predicted octanol–water partition coefficient (Wildman–Crippen LogP) is 9.00. The largest absolute Gasteiger partial charge is 0.494 e. The Labute approximate surface area is 278 Å². The van der Waals surface area contributed by atoms with Crippen LogP contribution < -0.4 is 22.0 Å². The second kappa shape index (κ2) is 17.8. The summed E-state index contributed by atoms with van der Waals surface area (Å²) >= 11 is 6.80. The van der Waals surface area contributed by atoms with Crippen molar-refractivity contribution in [2.24, 2.45) is 4.99 Å². The maximum atomic E-state index is 14.2. The summed E-state index contributed by atoms with van der Waals surface area (Å²) in [5.74, 6) is -0.173. The number of aromatic nitrogens is 2. The number of nitrogens with zero attached hydrogens (tertiary/aromatic N) is 3. The minimum absolute atomic E-state index is 0.173. The van der Waals surface area contributed by atoms with Gasteiger partial charge < -0.3 is 5.11 Å². The van der Waals surface area contributed by atoms with E-state index < -0.39 is 5.56 Å². The zero-order chi connectivity index (χ0) is 33.1. The number of aromatic hydroxyl groups is 1. The van der Waals surface area contributed by atoms with Gasteiger partial charge >= 0.3 is 0 Å². The summed E-state index contributed by atoms with van der Waals surface area (Å²) in [4.78, 5) is 46.9. The van der Waals surface area contributed by atoms with Crippen molar-refractivity contribution < 1.29 is 5.11 Å². The third-order valence-corrected chi connectivity index (χ3v) is 9.79. The summed E-state index contributed by atoms with van der Waals surface area (Å²) in [7, 11) is 0. The van der Waals surface area contributed by atoms with Gasteiger partial charge in [0.1, 0.15) is 0 Å². The highest BCUT2D eigenvalue weighted by molar-refractivity contribution is 6.37. The lowest BCUT2D eigenvalue weighted by molar-refractivity contribution is 0.406. The topological polar surface area (TPSA) is 93.7 Å². The van der Waals surface area contributed by atoms with Crippen LogP contribution in [0.5, 0.6) is 5.88 Å². The van der Waals surface area contributed by atoms with Gasteiger partial charge in [-0.25, -0.2) is 0 Å². The molecule has 2 aliphatic rings. The monoisotopic (exact) mass is 651 g/mol. The second-order valence-corrected chi connectivity index (χ2v) is 13.5. The highest BCUT2D eigenvalue weighted by Crippen LogP contribution is 2.40. The first-order valence-electron chi connectivity index (χ1n) is 18.1. The van der Waals surface area contributed by atoms with Crippen LogP contribution in [0.15, 0.2) is 31.5 Å². The average molecular weight is 652 g/mol. The average Bonchev–Trinajstić information content (AvgIpc) is 3.04. The fourth-order valence-electron chi connectivity index (χ4n) is 6.84. The molecule has 0 bridgehead atoms. The molecule has 0 saturated carbocycles. The molecule has 1 aromatic carbocycles. The van der Waals surface area contributed by atoms with Gasteiger partial charge in [-0.05, 0) is 31.4 Å². The van der Waals surface area contributed by atoms with E-state index in [0.717, 1.165) is 83.5 Å². The molecule has 1 aliphatic heterocycles. The first-order valence-corrected chi connectivity index (χ1v) is 18.5. The third-order valence-electron chi connectivity index (χ3n) is 9.49. The van der Waals surface area contributed by atoms with Crippen LogP contribution >= 0.6 is 11.6 Å². The molecule has 7 nitrogen and oxygen atoms in total. The molecule has 1 aromatic heterocycles. The van der Waals surface area contributed by atoms with E-state index in [-0.39, 0.29) is 27.4 Å². The number of hydrogen-bond donors (Lipinski definition) is 1. The number of unbranched alkanes of at least 4 members (excludes halogenated alkanes) is 15. The maximum absolute atomic E-state index is 14.2. The van der Waals surface area contributed by atoms with Gasteiger partial charge in [0.15, 0.2) is 0 Å². The van der Waals surface area contributed by atoms with E-state index in [9.17, 15) is 19.5 Å². The quantitative estimate of drug-likeness (QED) is 0.0719. The highest BCUT2D eigenvalue weighted by atomic mass is 35.5. The number of rotatable bonds is 21. The molecule has 0 spiro atoms. The van der Waals surface area contributed by atoms with Gasteiger partial charge in [-0.3, -0.25) is 28.5 Å². The molecule has 0 atom stereocenters. The molecular formula is C38H54ClN3O4. The van der Waals surface area contributed by atoms with Gasteiger partial charge in [-0.15, -0.1) is 0 Å². The van der Waals surface area contributed by atoms with Crippen molar-refractivity contribution in [3.8, 4) is 17.0 Å². The van der Waals surface area contributed by atoms with Gasteiger partial charge in [0, 0.05) is 36.0 Å². The van der Waals surface area contributed by atoms with Crippen LogP contribution in [-0.2, 0) is 13.1 Å². The first kappa shape index (κ1) is 35.9. The zero-order valence-electron chi connectivity index (χ0n) is 28.4. The molecule has 1 N–H and O–H groups in total. The van der Waals surface area contributed by atoms with Crippen molar-refractivity contribution in [1.82, 2.24) is 9.13 Å². The van der Waals surface area contributed by atoms with E-state index in [1.807, 2.05) is 0 Å². The molecule has 2 heterocycles. The van der Waals surface area contributed by atoms with Crippen molar-refractivity contribution in [3.05, 3.63) is 53.6 Å². The van der Waals surface area contributed by atoms with Crippen LogP contribution in [0.3, 0.4) is 0 Å². The number of pyridine rings is 2. The minimum atomic E-state index is -0.438. The number of halogens is 1. The smallest absolute Gasteiger partial charge is 0.263 e. The van der Waals surface area contributed by atoms with E-state index in [2.05, 4.69) is 20.8 Å². The summed E-state index contributed by atoms with van der Waals surface area (Å²) < 4.78 is 2.73. The second-order valence-electron chi connectivity index (χ2n) is 13.1. The molecular weight excluding hydrogens is 598 g/mol. The highest BCUT2D eigenvalue weighted by Gasteiger charge is 2.28. The molecule has 0 radical (unpaired) electrons. The Morgan fingerprint density at radius 1 is 0.609 bits per heavy atom. The summed E-state index contributed by atoms with van der Waals surface area (Å²) in [6.45, 7) is 7.79. The van der Waals surface area contributed by atoms with Crippen LogP contribution in [0.25, 0.3) is 32.7 Å². The van der Waals surface area contributed by atoms with E-state index in [4.69, 9.17) is 16.6 Å². The van der Waals surface area contributed by atoms with Crippen LogP contribution in [0, 0.1) is 0 Å². The van der Waals surface area contributed by atoms with Crippen LogP contribution in [0.1, 0.15) is 136 Å². The lowest BCUT2D eigenvalue weighted by Gasteiger charge is -2.20. The Morgan fingerprint density at radius 3 is 1.70 bits per heavy atom. The van der Waals surface area contributed by atoms with Crippen LogP contribution in [-0.4, -0.2) is 20.8 Å². The molecule has 2 aromatic rings. The Bertz CT molecular complexity index is 1760. The lowest BCUT2D eigenvalue weighted by Crippen LogP contribution is -2.37. The summed E-state index contributed by atoms with van der Waals surface area (Å²) in [6, 6.07) is 3.29. The van der Waals surface area contributed by atoms with Crippen molar-refractivity contribution in [3.63, 3.8) is 0 Å². The molecule has 8 heteroatoms. The molecule has 0 saturated heterocycles. The van der Waals surface area contributed by atoms with Gasteiger partial charge in [-0.2, -0.15) is 0 Å². The summed E-state index contributed by atoms with van der Waals surface area (Å²) in [5.41, 5.74) is -0.469. The number of benzene rings is 2. The summed E-state index contributed by atoms with van der Waals surface area (Å²) in [6.07, 6.45) is 19.2. The molecule has 252 valence electrons. The zero-order valence-corrected chi connectivity index (χ0v) is 29.2. The van der Waals surface area contributed by atoms with Crippen molar-refractivity contribution in [2.45, 2.75) is 149 Å². The van der Waals surface area contributed by atoms with Crippen molar-refractivity contribution in [1.29, 1.82) is 0 Å². The van der Waals surface area contributed by atoms with Crippen LogP contribution in [0.2, 0.25) is 5.02 Å². The fraction of sp³-hybridized carbons (Fsp3) is 0.632. The van der Waals surface area contributed by atoms with E-state index in [0.29, 0.717) is 52.3 Å². The molecule has 46 heavy (non-hydrogen) atoms. The molecule has 1 aliphatic carbocycles. The van der Waals surface area contributed by atoms with Crippen LogP contribution in [0.4, 0.5) is 0 Å². The van der Waals surface area contributed by atoms with E-state index in [1.165, 1.54) is 41.2 Å². The SMILES string of the molecule is CCCCCCCCN=c1cc2c(=O)n(CCCCCCCC)c(=O)c3c(Cl)cc4c(O)n(CCCCCCCC)c(=O)c1c4c3-2.